The van der Waals surface area contributed by atoms with Gasteiger partial charge in [0.1, 0.15) is 5.76 Å². The van der Waals surface area contributed by atoms with Gasteiger partial charge in [-0.15, -0.1) is 0 Å². The number of likely N-dealkylation sites (tertiary alicyclic amines) is 1. The van der Waals surface area contributed by atoms with Crippen molar-refractivity contribution >= 4 is 11.9 Å². The van der Waals surface area contributed by atoms with Crippen molar-refractivity contribution in [1.29, 1.82) is 0 Å². The van der Waals surface area contributed by atoms with Gasteiger partial charge < -0.3 is 20.0 Å². The van der Waals surface area contributed by atoms with Gasteiger partial charge in [-0.3, -0.25) is 14.7 Å². The van der Waals surface area contributed by atoms with Gasteiger partial charge >= 0.3 is 0 Å². The van der Waals surface area contributed by atoms with E-state index in [1.54, 1.807) is 11.2 Å². The average molecular weight is 440 g/mol. The molecule has 0 radical (unpaired) electrons. The number of rotatable bonds is 10. The topological polar surface area (TPSA) is 73.1 Å². The number of hydrogen-bond donors (Lipinski definition) is 2. The molecular formula is C25H37N5O2. The number of hydrogen-bond acceptors (Lipinski definition) is 4. The van der Waals surface area contributed by atoms with Gasteiger partial charge in [-0.05, 0) is 50.6 Å². The summed E-state index contributed by atoms with van der Waals surface area (Å²) in [7, 11) is 1.85. The van der Waals surface area contributed by atoms with Crippen molar-refractivity contribution in [3.63, 3.8) is 0 Å². The molecule has 1 unspecified atom stereocenters. The van der Waals surface area contributed by atoms with Crippen LogP contribution in [0.3, 0.4) is 0 Å². The Bertz CT molecular complexity index is 816. The summed E-state index contributed by atoms with van der Waals surface area (Å²) in [5.74, 6) is 1.81. The summed E-state index contributed by atoms with van der Waals surface area (Å²) >= 11 is 0. The van der Waals surface area contributed by atoms with Crippen LogP contribution in [-0.4, -0.2) is 61.4 Å². The molecule has 0 aliphatic carbocycles. The van der Waals surface area contributed by atoms with Crippen molar-refractivity contribution in [3.05, 3.63) is 60.1 Å². The number of aliphatic imine (C=N–C) groups is 1. The minimum atomic E-state index is 0.110. The molecule has 3 rings (SSSR count). The van der Waals surface area contributed by atoms with E-state index in [1.807, 2.05) is 56.4 Å². The highest BCUT2D eigenvalue weighted by molar-refractivity contribution is 5.81. The van der Waals surface area contributed by atoms with E-state index < -0.39 is 0 Å². The van der Waals surface area contributed by atoms with Crippen LogP contribution in [-0.2, 0) is 11.3 Å². The molecule has 0 bridgehead atoms. The zero-order chi connectivity index (χ0) is 22.6. The second-order valence-electron chi connectivity index (χ2n) is 8.26. The van der Waals surface area contributed by atoms with Crippen LogP contribution < -0.4 is 10.6 Å². The van der Waals surface area contributed by atoms with Gasteiger partial charge in [0.05, 0.1) is 18.8 Å². The van der Waals surface area contributed by atoms with Gasteiger partial charge in [0.25, 0.3) is 0 Å². The number of nitrogens with one attached hydrogen (secondary N) is 2. The summed E-state index contributed by atoms with van der Waals surface area (Å²) < 4.78 is 5.73. The van der Waals surface area contributed by atoms with Crippen molar-refractivity contribution < 1.29 is 9.21 Å². The summed E-state index contributed by atoms with van der Waals surface area (Å²) in [4.78, 5) is 21.6. The van der Waals surface area contributed by atoms with E-state index in [0.717, 1.165) is 36.9 Å². The maximum absolute atomic E-state index is 12.5. The molecule has 2 aromatic rings. The van der Waals surface area contributed by atoms with Crippen LogP contribution in [0.5, 0.6) is 0 Å². The monoisotopic (exact) mass is 439 g/mol. The summed E-state index contributed by atoms with van der Waals surface area (Å²) in [6.45, 7) is 6.74. The third-order valence-corrected chi connectivity index (χ3v) is 5.79. The molecule has 0 spiro atoms. The second kappa shape index (κ2) is 12.9. The predicted molar refractivity (Wildman–Crippen MR) is 128 cm³/mol. The highest BCUT2D eigenvalue weighted by atomic mass is 16.3. The molecule has 7 heteroatoms. The number of carbonyl (C=O) groups excluding carboxylic acids is 1. The van der Waals surface area contributed by atoms with Crippen molar-refractivity contribution in [2.75, 3.05) is 39.8 Å². The number of piperidine rings is 1. The Kier molecular flexibility index (Phi) is 9.62. The molecular weight excluding hydrogens is 402 g/mol. The normalized spacial score (nSPS) is 15.9. The summed E-state index contributed by atoms with van der Waals surface area (Å²) in [6, 6.07) is 14.2. The fourth-order valence-corrected chi connectivity index (χ4v) is 4.04. The first-order valence-electron chi connectivity index (χ1n) is 11.7. The first-order chi connectivity index (χ1) is 15.7. The summed E-state index contributed by atoms with van der Waals surface area (Å²) in [5, 5.41) is 6.61. The average Bonchev–Trinajstić information content (AvgIpc) is 3.35. The molecule has 1 aromatic carbocycles. The number of nitrogens with zero attached hydrogens (tertiary/aromatic N) is 3. The maximum Gasteiger partial charge on any atom is 0.224 e. The van der Waals surface area contributed by atoms with E-state index in [2.05, 4.69) is 15.5 Å². The first-order valence-corrected chi connectivity index (χ1v) is 11.7. The van der Waals surface area contributed by atoms with Crippen LogP contribution in [0.2, 0.25) is 0 Å². The van der Waals surface area contributed by atoms with Gasteiger partial charge in [-0.1, -0.05) is 36.8 Å². The number of amides is 1. The highest BCUT2D eigenvalue weighted by Gasteiger charge is 2.24. The fraction of sp³-hybridized carbons (Fsp3) is 0.520. The van der Waals surface area contributed by atoms with Crippen LogP contribution in [0, 0.1) is 0 Å². The summed E-state index contributed by atoms with van der Waals surface area (Å²) in [5.41, 5.74) is 1.13. The predicted octanol–water partition coefficient (Wildman–Crippen LogP) is 3.41. The van der Waals surface area contributed by atoms with Gasteiger partial charge in [0.15, 0.2) is 5.96 Å². The van der Waals surface area contributed by atoms with E-state index in [0.29, 0.717) is 26.1 Å². The molecule has 2 N–H and O–H groups in total. The third kappa shape index (κ3) is 7.41. The molecule has 2 heterocycles. The first kappa shape index (κ1) is 23.9. The van der Waals surface area contributed by atoms with Gasteiger partial charge in [-0.25, -0.2) is 0 Å². The van der Waals surface area contributed by atoms with Crippen LogP contribution in [0.1, 0.15) is 50.0 Å². The van der Waals surface area contributed by atoms with Crippen molar-refractivity contribution in [3.8, 4) is 0 Å². The Morgan fingerprint density at radius 3 is 2.59 bits per heavy atom. The Labute approximate surface area is 191 Å². The molecule has 7 nitrogen and oxygen atoms in total. The lowest BCUT2D eigenvalue weighted by molar-refractivity contribution is -0.130. The molecule has 1 amide bonds. The Morgan fingerprint density at radius 2 is 1.91 bits per heavy atom. The van der Waals surface area contributed by atoms with E-state index in [-0.39, 0.29) is 11.9 Å². The van der Waals surface area contributed by atoms with E-state index >= 15 is 0 Å². The van der Waals surface area contributed by atoms with Crippen LogP contribution >= 0.6 is 0 Å². The smallest absolute Gasteiger partial charge is 0.224 e. The van der Waals surface area contributed by atoms with Gasteiger partial charge in [0, 0.05) is 33.1 Å². The van der Waals surface area contributed by atoms with Crippen molar-refractivity contribution in [2.24, 2.45) is 4.99 Å². The molecule has 1 saturated heterocycles. The number of carbonyl (C=O) groups is 1. The SMILES string of the molecule is CCNC(=NCC(c1ccco1)N1CCCCC1)NCCC(=O)N(C)Cc1ccccc1. The van der Waals surface area contributed by atoms with E-state index in [9.17, 15) is 4.79 Å². The minimum Gasteiger partial charge on any atom is -0.468 e. The molecule has 0 saturated carbocycles. The lowest BCUT2D eigenvalue weighted by Crippen LogP contribution is -2.41. The summed E-state index contributed by atoms with van der Waals surface area (Å²) in [6.07, 6.45) is 5.88. The number of furan rings is 1. The molecule has 1 aliphatic rings. The quantitative estimate of drug-likeness (QED) is 0.438. The van der Waals surface area contributed by atoms with Crippen molar-refractivity contribution in [1.82, 2.24) is 20.4 Å². The Morgan fingerprint density at radius 1 is 1.12 bits per heavy atom. The lowest BCUT2D eigenvalue weighted by Gasteiger charge is -2.32. The Balaban J connectivity index is 1.52. The molecule has 174 valence electrons. The van der Waals surface area contributed by atoms with Crippen molar-refractivity contribution in [2.45, 2.75) is 45.2 Å². The van der Waals surface area contributed by atoms with Crippen LogP contribution in [0.15, 0.2) is 58.1 Å². The lowest BCUT2D eigenvalue weighted by atomic mass is 10.1. The largest absolute Gasteiger partial charge is 0.468 e. The standard InChI is InChI=1S/C25H37N5O2/c1-3-26-25(27-15-14-24(31)29(2)20-21-11-6-4-7-12-21)28-19-22(23-13-10-18-32-23)30-16-8-5-9-17-30/h4,6-7,10-13,18,22H,3,5,8-9,14-17,19-20H2,1-2H3,(H2,26,27,28). The maximum atomic E-state index is 12.5. The zero-order valence-corrected chi connectivity index (χ0v) is 19.4. The fourth-order valence-electron chi connectivity index (χ4n) is 4.04. The Hall–Kier alpha value is -2.80. The highest BCUT2D eigenvalue weighted by Crippen LogP contribution is 2.25. The molecule has 32 heavy (non-hydrogen) atoms. The van der Waals surface area contributed by atoms with E-state index in [4.69, 9.17) is 9.41 Å². The molecule has 1 fully saturated rings. The second-order valence-corrected chi connectivity index (χ2v) is 8.26. The van der Waals surface area contributed by atoms with Crippen LogP contribution in [0.25, 0.3) is 0 Å². The molecule has 1 aromatic heterocycles. The van der Waals surface area contributed by atoms with Gasteiger partial charge in [-0.2, -0.15) is 0 Å². The minimum absolute atomic E-state index is 0.110. The van der Waals surface area contributed by atoms with Crippen LogP contribution in [0.4, 0.5) is 0 Å². The van der Waals surface area contributed by atoms with E-state index in [1.165, 1.54) is 19.3 Å². The third-order valence-electron chi connectivity index (χ3n) is 5.79. The molecule has 1 aliphatic heterocycles. The van der Waals surface area contributed by atoms with Gasteiger partial charge in [0.2, 0.25) is 5.91 Å². The number of guanidine groups is 1. The number of benzene rings is 1. The zero-order valence-electron chi connectivity index (χ0n) is 19.4. The molecule has 1 atom stereocenters.